The van der Waals surface area contributed by atoms with Crippen molar-refractivity contribution < 1.29 is 13.5 Å². The van der Waals surface area contributed by atoms with Gasteiger partial charge < -0.3 is 10.8 Å². The number of halogens is 1. The molecule has 7 heteroatoms. The van der Waals surface area contributed by atoms with E-state index in [0.29, 0.717) is 11.3 Å². The van der Waals surface area contributed by atoms with Crippen LogP contribution in [0.25, 0.3) is 0 Å². The van der Waals surface area contributed by atoms with Gasteiger partial charge in [0.25, 0.3) is 0 Å². The highest BCUT2D eigenvalue weighted by Crippen LogP contribution is 2.27. The Morgan fingerprint density at radius 2 is 2.06 bits per heavy atom. The van der Waals surface area contributed by atoms with Gasteiger partial charge in [0.1, 0.15) is 0 Å². The molecule has 0 aliphatic heterocycles. The summed E-state index contributed by atoms with van der Waals surface area (Å²) in [6.07, 6.45) is 0. The number of hydrogen-bond acceptors (Lipinski definition) is 4. The average molecular weight is 279 g/mol. The fourth-order valence-corrected chi connectivity index (χ4v) is 3.10. The van der Waals surface area contributed by atoms with E-state index in [-0.39, 0.29) is 23.1 Å². The summed E-state index contributed by atoms with van der Waals surface area (Å²) in [7, 11) is -2.28. The van der Waals surface area contributed by atoms with Gasteiger partial charge in [-0.25, -0.2) is 8.42 Å². The molecular weight excluding hydrogens is 264 g/mol. The summed E-state index contributed by atoms with van der Waals surface area (Å²) in [5, 5.41) is 9.04. The fourth-order valence-electron chi connectivity index (χ4n) is 1.37. The maximum atomic E-state index is 12.1. The standard InChI is InChI=1S/C10H15ClN2O3S/c1-7-9(12)5-8(11)6-10(7)17(15,16)13(2)3-4-14/h5-6,14H,3-4,12H2,1-2H3. The molecule has 1 aromatic rings. The summed E-state index contributed by atoms with van der Waals surface area (Å²) in [5.41, 5.74) is 6.46. The molecule has 5 nitrogen and oxygen atoms in total. The van der Waals surface area contributed by atoms with Gasteiger partial charge in [0.15, 0.2) is 0 Å². The Balaban J connectivity index is 3.33. The number of likely N-dealkylation sites (N-methyl/N-ethyl adjacent to an activating group) is 1. The van der Waals surface area contributed by atoms with Crippen LogP contribution in [0.3, 0.4) is 0 Å². The second-order valence-electron chi connectivity index (χ2n) is 3.67. The zero-order chi connectivity index (χ0) is 13.2. The van der Waals surface area contributed by atoms with Crippen molar-refractivity contribution in [3.05, 3.63) is 22.7 Å². The van der Waals surface area contributed by atoms with Crippen LogP contribution >= 0.6 is 11.6 Å². The summed E-state index contributed by atoms with van der Waals surface area (Å²) in [5.74, 6) is 0. The van der Waals surface area contributed by atoms with Crippen LogP contribution in [0.1, 0.15) is 5.56 Å². The van der Waals surface area contributed by atoms with E-state index in [2.05, 4.69) is 0 Å². The number of sulfonamides is 1. The first-order valence-corrected chi connectivity index (χ1v) is 6.75. The van der Waals surface area contributed by atoms with Gasteiger partial charge in [-0.2, -0.15) is 4.31 Å². The Kier molecular flexibility index (Phi) is 4.37. The quantitative estimate of drug-likeness (QED) is 0.800. The monoisotopic (exact) mass is 278 g/mol. The molecule has 0 unspecified atom stereocenters. The van der Waals surface area contributed by atoms with E-state index in [9.17, 15) is 8.42 Å². The number of anilines is 1. The van der Waals surface area contributed by atoms with Crippen LogP contribution in [0.15, 0.2) is 17.0 Å². The van der Waals surface area contributed by atoms with Crippen molar-refractivity contribution in [2.75, 3.05) is 25.9 Å². The maximum absolute atomic E-state index is 12.1. The lowest BCUT2D eigenvalue weighted by molar-refractivity contribution is 0.266. The number of aliphatic hydroxyl groups is 1. The molecule has 0 heterocycles. The molecular formula is C10H15ClN2O3S. The van der Waals surface area contributed by atoms with Crippen molar-refractivity contribution in [2.45, 2.75) is 11.8 Å². The average Bonchev–Trinajstić information content (AvgIpc) is 2.23. The minimum absolute atomic E-state index is 0.0220. The molecule has 0 saturated heterocycles. The number of hydrogen-bond donors (Lipinski definition) is 2. The van der Waals surface area contributed by atoms with Gasteiger partial charge in [0.05, 0.1) is 11.5 Å². The third-order valence-corrected chi connectivity index (χ3v) is 4.67. The number of nitrogen functional groups attached to an aromatic ring is 1. The summed E-state index contributed by atoms with van der Waals surface area (Å²) in [6.45, 7) is 1.39. The van der Waals surface area contributed by atoms with Crippen molar-refractivity contribution in [1.82, 2.24) is 4.31 Å². The minimum Gasteiger partial charge on any atom is -0.398 e. The highest BCUT2D eigenvalue weighted by molar-refractivity contribution is 7.89. The van der Waals surface area contributed by atoms with E-state index in [1.54, 1.807) is 6.92 Å². The van der Waals surface area contributed by atoms with Crippen LogP contribution in [-0.2, 0) is 10.0 Å². The van der Waals surface area contributed by atoms with Crippen LogP contribution in [0.2, 0.25) is 5.02 Å². The maximum Gasteiger partial charge on any atom is 0.243 e. The Hall–Kier alpha value is -0.820. The van der Waals surface area contributed by atoms with E-state index in [1.165, 1.54) is 19.2 Å². The van der Waals surface area contributed by atoms with Crippen molar-refractivity contribution in [3.63, 3.8) is 0 Å². The lowest BCUT2D eigenvalue weighted by Crippen LogP contribution is -2.30. The van der Waals surface area contributed by atoms with Crippen LogP contribution in [0.4, 0.5) is 5.69 Å². The molecule has 0 fully saturated rings. The first-order chi connectivity index (χ1) is 7.80. The second kappa shape index (κ2) is 5.22. The van der Waals surface area contributed by atoms with Gasteiger partial charge >= 0.3 is 0 Å². The van der Waals surface area contributed by atoms with Crippen LogP contribution in [-0.4, -0.2) is 38.0 Å². The first-order valence-electron chi connectivity index (χ1n) is 4.93. The summed E-state index contributed by atoms with van der Waals surface area (Å²) < 4.78 is 25.4. The van der Waals surface area contributed by atoms with E-state index >= 15 is 0 Å². The van der Waals surface area contributed by atoms with Gasteiger partial charge in [-0.05, 0) is 24.6 Å². The lowest BCUT2D eigenvalue weighted by atomic mass is 10.2. The summed E-state index contributed by atoms with van der Waals surface area (Å²) in [4.78, 5) is 0.0680. The van der Waals surface area contributed by atoms with Gasteiger partial charge in [-0.15, -0.1) is 0 Å². The molecule has 1 rings (SSSR count). The van der Waals surface area contributed by atoms with Crippen molar-refractivity contribution in [3.8, 4) is 0 Å². The smallest absolute Gasteiger partial charge is 0.243 e. The molecule has 17 heavy (non-hydrogen) atoms. The van der Waals surface area contributed by atoms with E-state index in [4.69, 9.17) is 22.4 Å². The molecule has 0 atom stereocenters. The number of nitrogens with zero attached hydrogens (tertiary/aromatic N) is 1. The molecule has 0 amide bonds. The normalized spacial score (nSPS) is 12.1. The molecule has 1 aromatic carbocycles. The molecule has 0 aromatic heterocycles. The summed E-state index contributed by atoms with van der Waals surface area (Å²) >= 11 is 5.80. The molecule has 3 N–H and O–H groups in total. The predicted molar refractivity (Wildman–Crippen MR) is 67.5 cm³/mol. The molecule has 0 aliphatic rings. The van der Waals surface area contributed by atoms with Gasteiger partial charge in [-0.3, -0.25) is 0 Å². The molecule has 0 saturated carbocycles. The molecule has 0 bridgehead atoms. The van der Waals surface area contributed by atoms with Crippen LogP contribution < -0.4 is 5.73 Å². The van der Waals surface area contributed by atoms with Crippen molar-refractivity contribution >= 4 is 27.3 Å². The molecule has 0 spiro atoms. The zero-order valence-corrected chi connectivity index (χ0v) is 11.2. The van der Waals surface area contributed by atoms with Crippen molar-refractivity contribution in [1.29, 1.82) is 0 Å². The highest BCUT2D eigenvalue weighted by atomic mass is 35.5. The second-order valence-corrected chi connectivity index (χ2v) is 6.12. The third kappa shape index (κ3) is 2.90. The lowest BCUT2D eigenvalue weighted by Gasteiger charge is -2.18. The Labute approximate surface area is 106 Å². The third-order valence-electron chi connectivity index (χ3n) is 2.47. The number of rotatable bonds is 4. The predicted octanol–water partition coefficient (Wildman–Crippen LogP) is 0.843. The van der Waals surface area contributed by atoms with E-state index in [1.807, 2.05) is 0 Å². The Morgan fingerprint density at radius 3 is 2.59 bits per heavy atom. The SMILES string of the molecule is Cc1c(N)cc(Cl)cc1S(=O)(=O)N(C)CCO. The zero-order valence-electron chi connectivity index (χ0n) is 9.64. The van der Waals surface area contributed by atoms with Crippen molar-refractivity contribution in [2.24, 2.45) is 0 Å². The minimum atomic E-state index is -3.67. The Bertz CT molecular complexity index is 517. The first kappa shape index (κ1) is 14.2. The Morgan fingerprint density at radius 1 is 1.47 bits per heavy atom. The highest BCUT2D eigenvalue weighted by Gasteiger charge is 2.23. The molecule has 0 aliphatic carbocycles. The number of nitrogens with two attached hydrogens (primary N) is 1. The van der Waals surface area contributed by atoms with Gasteiger partial charge in [0, 0.05) is 24.3 Å². The van der Waals surface area contributed by atoms with Gasteiger partial charge in [-0.1, -0.05) is 11.6 Å². The largest absolute Gasteiger partial charge is 0.398 e. The van der Waals surface area contributed by atoms with Crippen LogP contribution in [0.5, 0.6) is 0 Å². The summed E-state index contributed by atoms with van der Waals surface area (Å²) in [6, 6.07) is 2.86. The molecule has 96 valence electrons. The number of aliphatic hydroxyl groups excluding tert-OH is 1. The topological polar surface area (TPSA) is 83.6 Å². The van der Waals surface area contributed by atoms with E-state index < -0.39 is 10.0 Å². The fraction of sp³-hybridized carbons (Fsp3) is 0.400. The molecule has 0 radical (unpaired) electrons. The van der Waals surface area contributed by atoms with Crippen LogP contribution in [0, 0.1) is 6.92 Å². The van der Waals surface area contributed by atoms with Gasteiger partial charge in [0.2, 0.25) is 10.0 Å². The van der Waals surface area contributed by atoms with E-state index in [0.717, 1.165) is 4.31 Å². The number of benzene rings is 1.